The largest absolute Gasteiger partial charge is 0.382 e. The lowest BCUT2D eigenvalue weighted by Gasteiger charge is -2.31. The minimum atomic E-state index is -3.81. The molecule has 1 rings (SSSR count). The maximum Gasteiger partial charge on any atom is 0.330 e. The molecule has 0 heterocycles. The molecule has 1 aliphatic rings. The van der Waals surface area contributed by atoms with Gasteiger partial charge in [0.1, 0.15) is 6.04 Å². The molecule has 0 aromatic carbocycles. The van der Waals surface area contributed by atoms with Gasteiger partial charge in [-0.1, -0.05) is 13.8 Å². The number of nitrogens with one attached hydrogen (secondary N) is 5. The smallest absolute Gasteiger partial charge is 0.330 e. The molecule has 0 aliphatic heterocycles. The van der Waals surface area contributed by atoms with Gasteiger partial charge in [0.25, 0.3) is 11.8 Å². The molecule has 5 amide bonds. The number of hydrogen-bond donors (Lipinski definition) is 6. The molecular formula is C33H62N5O14P. The zero-order valence-corrected chi connectivity index (χ0v) is 32.7. The summed E-state index contributed by atoms with van der Waals surface area (Å²) in [7, 11) is 0.785. The first-order chi connectivity index (χ1) is 25.4. The Bertz CT molecular complexity index is 1130. The molecule has 0 aromatic heterocycles. The highest BCUT2D eigenvalue weighted by Crippen LogP contribution is 2.50. The third-order valence-corrected chi connectivity index (χ3v) is 9.96. The molecular weight excluding hydrogens is 721 g/mol. The normalized spacial score (nSPS) is 18.0. The van der Waals surface area contributed by atoms with Gasteiger partial charge in [-0.2, -0.15) is 0 Å². The maximum absolute atomic E-state index is 13.7. The van der Waals surface area contributed by atoms with Crippen LogP contribution in [0.4, 0.5) is 0 Å². The lowest BCUT2D eigenvalue weighted by atomic mass is 9.86. The number of hydrogen-bond acceptors (Lipinski definition) is 13. The van der Waals surface area contributed by atoms with Gasteiger partial charge < -0.3 is 64.4 Å². The summed E-state index contributed by atoms with van der Waals surface area (Å²) in [4.78, 5) is 76.4. The van der Waals surface area contributed by atoms with Crippen molar-refractivity contribution < 1.29 is 66.4 Å². The minimum absolute atomic E-state index is 0.0179. The van der Waals surface area contributed by atoms with Crippen molar-refractivity contribution in [2.24, 2.45) is 5.92 Å². The van der Waals surface area contributed by atoms with Gasteiger partial charge in [0, 0.05) is 53.3 Å². The standard InChI is InChI=1S/C33H62N5O14P/c1-24(2)53(44,45)52-26-8-6-25(7-9-26)30(40)38-29(32(42)36-14-17-51-23-20-48-5)33(43)37-27(31(41)35-13-16-50-22-19-47-4)10-11-28(39)34-12-15-49-21-18-46-3/h24-27,29H,6-23H2,1-5H3,(H,34,39)(H,35,41)(H,36,42)(H,37,43)(H,38,40)(H,44,45). The maximum atomic E-state index is 13.7. The number of carbonyl (C=O) groups is 5. The predicted octanol–water partition coefficient (Wildman–Crippen LogP) is -0.757. The molecule has 3 unspecified atom stereocenters. The van der Waals surface area contributed by atoms with E-state index in [0.717, 1.165) is 0 Å². The SMILES string of the molecule is COCCOCCNC(=O)CCC(NC(=O)C(NC(=O)C1CCC(OP(=O)(O)C(C)C)CC1)C(=O)NCCOCCOC)C(=O)NCCOCCOC. The van der Waals surface area contributed by atoms with Crippen LogP contribution < -0.4 is 26.6 Å². The Balaban J connectivity index is 3.01. The van der Waals surface area contributed by atoms with Gasteiger partial charge in [-0.05, 0) is 32.1 Å². The van der Waals surface area contributed by atoms with E-state index in [1.54, 1.807) is 21.0 Å². The minimum Gasteiger partial charge on any atom is -0.382 e. The van der Waals surface area contributed by atoms with Crippen molar-refractivity contribution in [2.45, 2.75) is 76.2 Å². The van der Waals surface area contributed by atoms with Crippen molar-refractivity contribution in [1.82, 2.24) is 26.6 Å². The first-order valence-corrected chi connectivity index (χ1v) is 19.6. The number of amides is 5. The van der Waals surface area contributed by atoms with Crippen molar-refractivity contribution >= 4 is 37.1 Å². The Kier molecular flexibility index (Phi) is 26.1. The van der Waals surface area contributed by atoms with Crippen molar-refractivity contribution in [3.8, 4) is 0 Å². The van der Waals surface area contributed by atoms with E-state index in [2.05, 4.69) is 26.6 Å². The van der Waals surface area contributed by atoms with Crippen LogP contribution in [0.5, 0.6) is 0 Å². The van der Waals surface area contributed by atoms with E-state index in [9.17, 15) is 33.4 Å². The van der Waals surface area contributed by atoms with Crippen molar-refractivity contribution in [1.29, 1.82) is 0 Å². The Morgan fingerprint density at radius 1 is 0.660 bits per heavy atom. The van der Waals surface area contributed by atoms with E-state index in [1.165, 1.54) is 14.2 Å². The molecule has 0 saturated heterocycles. The molecule has 3 atom stereocenters. The molecule has 53 heavy (non-hydrogen) atoms. The Morgan fingerprint density at radius 2 is 1.15 bits per heavy atom. The monoisotopic (exact) mass is 783 g/mol. The van der Waals surface area contributed by atoms with Crippen LogP contribution in [0.2, 0.25) is 0 Å². The van der Waals surface area contributed by atoms with E-state index in [1.807, 2.05) is 0 Å². The highest BCUT2D eigenvalue weighted by atomic mass is 31.2. The zero-order chi connectivity index (χ0) is 39.5. The third-order valence-electron chi connectivity index (χ3n) is 8.06. The zero-order valence-electron chi connectivity index (χ0n) is 31.8. The summed E-state index contributed by atoms with van der Waals surface area (Å²) in [5, 5.41) is 13.0. The second-order valence-corrected chi connectivity index (χ2v) is 14.9. The molecule has 0 bridgehead atoms. The van der Waals surface area contributed by atoms with Gasteiger partial charge in [0.2, 0.25) is 17.7 Å². The molecule has 0 aromatic rings. The van der Waals surface area contributed by atoms with Crippen LogP contribution in [-0.4, -0.2) is 159 Å². The fourth-order valence-corrected chi connectivity index (χ4v) is 5.76. The van der Waals surface area contributed by atoms with Gasteiger partial charge >= 0.3 is 7.60 Å². The number of carbonyl (C=O) groups excluding carboxylic acids is 5. The molecule has 1 saturated carbocycles. The van der Waals surface area contributed by atoms with Gasteiger partial charge in [0.15, 0.2) is 6.04 Å². The fraction of sp³-hybridized carbons (Fsp3) is 0.848. The lowest BCUT2D eigenvalue weighted by Crippen LogP contribution is -2.60. The molecule has 308 valence electrons. The average Bonchev–Trinajstić information content (AvgIpc) is 3.13. The van der Waals surface area contributed by atoms with Crippen LogP contribution >= 0.6 is 7.60 Å². The van der Waals surface area contributed by atoms with Crippen molar-refractivity contribution in [3.63, 3.8) is 0 Å². The molecule has 0 radical (unpaired) electrons. The van der Waals surface area contributed by atoms with Crippen LogP contribution in [0.15, 0.2) is 0 Å². The van der Waals surface area contributed by atoms with Crippen molar-refractivity contribution in [2.75, 3.05) is 100 Å². The molecule has 6 N–H and O–H groups in total. The van der Waals surface area contributed by atoms with Gasteiger partial charge in [-0.3, -0.25) is 28.5 Å². The van der Waals surface area contributed by atoms with E-state index < -0.39 is 66.9 Å². The third kappa shape index (κ3) is 21.7. The lowest BCUT2D eigenvalue weighted by molar-refractivity contribution is -0.140. The predicted molar refractivity (Wildman–Crippen MR) is 192 cm³/mol. The molecule has 0 spiro atoms. The van der Waals surface area contributed by atoms with E-state index in [-0.39, 0.29) is 58.9 Å². The summed E-state index contributed by atoms with van der Waals surface area (Å²) in [6.45, 7) is 6.11. The summed E-state index contributed by atoms with van der Waals surface area (Å²) >= 11 is 0. The second kappa shape index (κ2) is 28.7. The van der Waals surface area contributed by atoms with Crippen LogP contribution in [0.3, 0.4) is 0 Å². The Hall–Kier alpha value is -2.74. The summed E-state index contributed by atoms with van der Waals surface area (Å²) in [5.74, 6) is -3.99. The first kappa shape index (κ1) is 48.3. The van der Waals surface area contributed by atoms with Gasteiger partial charge in [-0.15, -0.1) is 0 Å². The highest BCUT2D eigenvalue weighted by molar-refractivity contribution is 7.53. The van der Waals surface area contributed by atoms with E-state index >= 15 is 0 Å². The van der Waals surface area contributed by atoms with Crippen LogP contribution in [0.25, 0.3) is 0 Å². The summed E-state index contributed by atoms with van der Waals surface area (Å²) in [6.07, 6.45) is 0.466. The summed E-state index contributed by atoms with van der Waals surface area (Å²) in [6, 6.07) is -2.99. The topological polar surface area (TPSA) is 247 Å². The number of methoxy groups -OCH3 is 3. The van der Waals surface area contributed by atoms with Crippen molar-refractivity contribution in [3.05, 3.63) is 0 Å². The van der Waals surface area contributed by atoms with Crippen LogP contribution in [0.1, 0.15) is 52.4 Å². The highest BCUT2D eigenvalue weighted by Gasteiger charge is 2.37. The summed E-state index contributed by atoms with van der Waals surface area (Å²) in [5.41, 5.74) is -0.577. The molecule has 1 fully saturated rings. The summed E-state index contributed by atoms with van der Waals surface area (Å²) < 4.78 is 48.7. The van der Waals surface area contributed by atoms with Crippen LogP contribution in [0, 0.1) is 5.92 Å². The number of ether oxygens (including phenoxy) is 6. The molecule has 1 aliphatic carbocycles. The van der Waals surface area contributed by atoms with E-state index in [0.29, 0.717) is 58.7 Å². The molecule has 19 nitrogen and oxygen atoms in total. The van der Waals surface area contributed by atoms with Gasteiger partial charge in [-0.25, -0.2) is 0 Å². The Morgan fingerprint density at radius 3 is 1.64 bits per heavy atom. The van der Waals surface area contributed by atoms with Crippen LogP contribution in [-0.2, 0) is 61.5 Å². The van der Waals surface area contributed by atoms with E-state index in [4.69, 9.17) is 32.9 Å². The first-order valence-electron chi connectivity index (χ1n) is 18.0. The van der Waals surface area contributed by atoms with Gasteiger partial charge in [0.05, 0.1) is 71.2 Å². The Labute approximate surface area is 312 Å². The number of rotatable bonds is 30. The fourth-order valence-electron chi connectivity index (χ4n) is 4.88. The second-order valence-electron chi connectivity index (χ2n) is 12.5. The quantitative estimate of drug-likeness (QED) is 0.0298. The molecule has 20 heteroatoms. The average molecular weight is 784 g/mol.